The van der Waals surface area contributed by atoms with Crippen molar-refractivity contribution in [1.29, 1.82) is 0 Å². The van der Waals surface area contributed by atoms with Crippen molar-refractivity contribution in [3.63, 3.8) is 0 Å². The van der Waals surface area contributed by atoms with Crippen molar-refractivity contribution in [1.82, 2.24) is 35.8 Å². The highest BCUT2D eigenvalue weighted by atomic mass is 35.5. The first-order valence-corrected chi connectivity index (χ1v) is 36.1. The average Bonchev–Trinajstić information content (AvgIpc) is 1.62. The zero-order valence-corrected chi connectivity index (χ0v) is 60.1. The van der Waals surface area contributed by atoms with E-state index < -0.39 is 33.0 Å². The van der Waals surface area contributed by atoms with Crippen molar-refractivity contribution < 1.29 is 54.8 Å². The van der Waals surface area contributed by atoms with E-state index >= 15 is 0 Å². The molecule has 2 heterocycles. The van der Waals surface area contributed by atoms with Crippen molar-refractivity contribution in [2.75, 3.05) is 110 Å². The Hall–Kier alpha value is -3.90. The van der Waals surface area contributed by atoms with Gasteiger partial charge in [0.1, 0.15) is 23.7 Å². The fourth-order valence-corrected chi connectivity index (χ4v) is 15.6. The van der Waals surface area contributed by atoms with E-state index in [0.717, 1.165) is 74.1 Å². The van der Waals surface area contributed by atoms with E-state index in [1.807, 2.05) is 39.8 Å². The maximum Gasteiger partial charge on any atom is 0.314 e. The highest BCUT2D eigenvalue weighted by Crippen LogP contribution is 2.45. The second-order valence-corrected chi connectivity index (χ2v) is 28.9. The standard InChI is InChI=1S/C64H92Cl4N10O12S2.2ClH/c1-41(2)57(75-92(83,84)50-17-15-49(16-18-50)90-62-54-32-44(66)34-56(68)52(54)36-59(62)77-24-8-10-46(70)38-77)39-87-29-27-85-25-21-73-63(79)71-19-5-6-20-72-64(80)74-22-26-86-28-30-88-40-60(42(3)4)78(91(81)82)47-11-13-48(14-12-47)89-61-53-31-43(65)33-55(67)51(53)35-58(61)76-23-7-9-45(69)37-76;;/h11-18,31-34,41-42,45-46,57-62,75,91H,5-10,19-30,35-40,69-70H2,1-4H3,(H2,71,73,79)(H2,72,74,80);2*1H/t45-,46-,57-,58+,59+,60-,61+,62+;;/m1../s1. The first-order valence-electron chi connectivity index (χ1n) is 31.9. The lowest BCUT2D eigenvalue weighted by molar-refractivity contribution is 0.0382. The third-order valence-corrected chi connectivity index (χ3v) is 20.6. The van der Waals surface area contributed by atoms with Gasteiger partial charge < -0.3 is 61.2 Å². The maximum absolute atomic E-state index is 13.6. The third kappa shape index (κ3) is 23.1. The largest absolute Gasteiger partial charge is 0.484 e. The smallest absolute Gasteiger partial charge is 0.314 e. The molecule has 9 N–H and O–H groups in total. The number of carbonyl (C=O) groups is 2. The second kappa shape index (κ2) is 39.0. The minimum Gasteiger partial charge on any atom is -0.484 e. The summed E-state index contributed by atoms with van der Waals surface area (Å²) in [6.07, 6.45) is 5.90. The monoisotopic (exact) mass is 1470 g/mol. The van der Waals surface area contributed by atoms with Gasteiger partial charge in [-0.3, -0.25) is 14.1 Å². The highest BCUT2D eigenvalue weighted by molar-refractivity contribution is 7.89. The summed E-state index contributed by atoms with van der Waals surface area (Å²) >= 11 is 26.3. The van der Waals surface area contributed by atoms with E-state index in [4.69, 9.17) is 86.3 Å². The molecule has 0 unspecified atom stereocenters. The Morgan fingerprint density at radius 2 is 1.04 bits per heavy atom. The van der Waals surface area contributed by atoms with Crippen LogP contribution in [-0.4, -0.2) is 180 Å². The summed E-state index contributed by atoms with van der Waals surface area (Å²) in [6.45, 7) is 14.1. The molecule has 2 aliphatic heterocycles. The summed E-state index contributed by atoms with van der Waals surface area (Å²) in [5.41, 5.74) is 17.1. The Balaban J connectivity index is 0.00000700. The predicted molar refractivity (Wildman–Crippen MR) is 375 cm³/mol. The van der Waals surface area contributed by atoms with Crippen LogP contribution in [0.15, 0.2) is 77.7 Å². The molecule has 8 atom stereocenters. The van der Waals surface area contributed by atoms with Gasteiger partial charge in [0, 0.05) is 88.6 Å². The number of halogens is 6. The van der Waals surface area contributed by atoms with Crippen molar-refractivity contribution in [2.24, 2.45) is 23.3 Å². The minimum atomic E-state index is -3.91. The number of nitrogens with one attached hydrogen (secondary N) is 5. The molecule has 30 heteroatoms. The number of piperidine rings is 2. The van der Waals surface area contributed by atoms with E-state index in [0.29, 0.717) is 76.0 Å². The van der Waals surface area contributed by atoms with Gasteiger partial charge >= 0.3 is 12.1 Å². The molecule has 4 amide bonds. The first-order chi connectivity index (χ1) is 44.1. The molecule has 0 bridgehead atoms. The number of anilines is 1. The van der Waals surface area contributed by atoms with Crippen molar-refractivity contribution >= 4 is 110 Å². The van der Waals surface area contributed by atoms with Crippen LogP contribution in [0.5, 0.6) is 11.5 Å². The highest BCUT2D eigenvalue weighted by Gasteiger charge is 2.43. The van der Waals surface area contributed by atoms with Gasteiger partial charge in [-0.25, -0.2) is 31.1 Å². The number of fused-ring (bicyclic) bond motifs is 2. The Kier molecular flexibility index (Phi) is 32.8. The van der Waals surface area contributed by atoms with Gasteiger partial charge in [-0.15, -0.1) is 24.8 Å². The van der Waals surface area contributed by atoms with Crippen LogP contribution >= 0.6 is 71.2 Å². The number of unbranched alkanes of at least 4 members (excludes halogenated alkanes) is 1. The number of hydrogen-bond donors (Lipinski definition) is 8. The fraction of sp³-hybridized carbons (Fsp3) is 0.594. The molecule has 94 heavy (non-hydrogen) atoms. The molecule has 0 saturated carbocycles. The SMILES string of the molecule is CC(C)[C@@H](COCCOCCNC(=O)NCCCCNC(=O)NCCOCCOC[C@@H](NS(=O)(=O)c1ccc(O[C@H]2c3cc(Cl)cc(Cl)c3C[C@@H]2N2CCC[C@@H](N)C2)cc1)C(C)C)N(c1ccc(O[C@H]2c3cc(Cl)cc(Cl)c3C[C@@H]2N2CCC[C@@H](N)C2)cc1)[SH](=O)=O.Cl.Cl. The Labute approximate surface area is 588 Å². The number of thiol groups is 1. The molecule has 8 rings (SSSR count). The van der Waals surface area contributed by atoms with Gasteiger partial charge in [-0.05, 0) is 160 Å². The van der Waals surface area contributed by atoms with Gasteiger partial charge in [0.25, 0.3) is 0 Å². The number of nitrogens with two attached hydrogens (primary N) is 2. The molecule has 0 spiro atoms. The zero-order chi connectivity index (χ0) is 65.9. The number of nitrogens with zero attached hydrogens (tertiary/aromatic N) is 3. The van der Waals surface area contributed by atoms with E-state index in [2.05, 4.69) is 35.8 Å². The molecule has 2 aliphatic carbocycles. The van der Waals surface area contributed by atoms with Crippen LogP contribution in [0.1, 0.15) is 101 Å². The number of carbonyl (C=O) groups excluding carboxylic acids is 2. The van der Waals surface area contributed by atoms with Crippen molar-refractivity contribution in [2.45, 2.75) is 132 Å². The van der Waals surface area contributed by atoms with Crippen LogP contribution in [0.2, 0.25) is 20.1 Å². The summed E-state index contributed by atoms with van der Waals surface area (Å²) in [4.78, 5) is 29.5. The van der Waals surface area contributed by atoms with Gasteiger partial charge in [0.05, 0.1) is 81.6 Å². The van der Waals surface area contributed by atoms with Crippen molar-refractivity contribution in [3.8, 4) is 11.5 Å². The van der Waals surface area contributed by atoms with E-state index in [1.165, 1.54) is 16.4 Å². The summed E-state index contributed by atoms with van der Waals surface area (Å²) in [5, 5.41) is 13.3. The second-order valence-electron chi connectivity index (χ2n) is 24.6. The predicted octanol–water partition coefficient (Wildman–Crippen LogP) is 8.89. The summed E-state index contributed by atoms with van der Waals surface area (Å²) in [7, 11) is -6.93. The third-order valence-electron chi connectivity index (χ3n) is 17.1. The first kappa shape index (κ1) is 79.1. The minimum absolute atomic E-state index is 0. The lowest BCUT2D eigenvalue weighted by atomic mass is 10.0. The average molecular weight is 1470 g/mol. The number of rotatable bonds is 35. The van der Waals surface area contributed by atoms with Crippen LogP contribution in [-0.2, 0) is 52.7 Å². The Morgan fingerprint density at radius 1 is 0.606 bits per heavy atom. The molecular formula is C64H94Cl6N10O12S2. The summed E-state index contributed by atoms with van der Waals surface area (Å²) < 4.78 is 93.2. The van der Waals surface area contributed by atoms with Crippen LogP contribution in [0.4, 0.5) is 15.3 Å². The van der Waals surface area contributed by atoms with Crippen LogP contribution < -0.4 is 51.2 Å². The molecule has 0 radical (unpaired) electrons. The topological polar surface area (TPSA) is 280 Å². The Bertz CT molecular complexity index is 3220. The zero-order valence-electron chi connectivity index (χ0n) is 53.8. The summed E-state index contributed by atoms with van der Waals surface area (Å²) in [6, 6.07) is 19.2. The number of sulfonamides is 1. The van der Waals surface area contributed by atoms with Crippen LogP contribution in [0.25, 0.3) is 0 Å². The molecule has 4 aliphatic rings. The fourth-order valence-electron chi connectivity index (χ4n) is 12.2. The molecule has 526 valence electrons. The van der Waals surface area contributed by atoms with Gasteiger partial charge in [-0.1, -0.05) is 74.1 Å². The van der Waals surface area contributed by atoms with Gasteiger partial charge in [0.2, 0.25) is 20.9 Å². The molecule has 4 aromatic rings. The van der Waals surface area contributed by atoms with Gasteiger partial charge in [0.15, 0.2) is 0 Å². The number of amides is 4. The van der Waals surface area contributed by atoms with Gasteiger partial charge in [-0.2, -0.15) is 0 Å². The van der Waals surface area contributed by atoms with E-state index in [1.54, 1.807) is 48.5 Å². The van der Waals surface area contributed by atoms with E-state index in [9.17, 15) is 26.4 Å². The van der Waals surface area contributed by atoms with Crippen LogP contribution in [0.3, 0.4) is 0 Å². The molecule has 0 aromatic heterocycles. The number of likely N-dealkylation sites (tertiary alicyclic amines) is 2. The number of urea groups is 2. The number of hydrogen-bond acceptors (Lipinski definition) is 16. The lowest BCUT2D eigenvalue weighted by Crippen LogP contribution is -2.49. The molecular weight excluding hydrogens is 1380 g/mol. The quantitative estimate of drug-likeness (QED) is 0.0158. The van der Waals surface area contributed by atoms with Crippen molar-refractivity contribution in [3.05, 3.63) is 115 Å². The number of benzene rings is 4. The Morgan fingerprint density at radius 3 is 1.48 bits per heavy atom. The normalized spacial score (nSPS) is 20.4. The van der Waals surface area contributed by atoms with Crippen LogP contribution in [0, 0.1) is 11.8 Å². The molecule has 4 aromatic carbocycles. The molecule has 2 saturated heterocycles. The molecule has 2 fully saturated rings. The summed E-state index contributed by atoms with van der Waals surface area (Å²) in [5.74, 6) is 0.943. The number of ether oxygens (including phenoxy) is 6. The maximum atomic E-state index is 13.6. The molecule has 22 nitrogen and oxygen atoms in total. The van der Waals surface area contributed by atoms with E-state index in [-0.39, 0.29) is 156 Å². The lowest BCUT2D eigenvalue weighted by Gasteiger charge is -2.38.